The van der Waals surface area contributed by atoms with E-state index in [1.54, 1.807) is 4.90 Å². The highest BCUT2D eigenvalue weighted by Crippen LogP contribution is 2.32. The summed E-state index contributed by atoms with van der Waals surface area (Å²) in [6.45, 7) is 8.56. The Bertz CT molecular complexity index is 1040. The van der Waals surface area contributed by atoms with Crippen molar-refractivity contribution in [2.45, 2.75) is 13.8 Å². The average molecular weight is 397 g/mol. The minimum atomic E-state index is 0. The number of likely N-dealkylation sites (N-methyl/N-ethyl adjacent to an activating group) is 1. The third kappa shape index (κ3) is 3.96. The van der Waals surface area contributed by atoms with Gasteiger partial charge in [0.1, 0.15) is 11.1 Å². The molecule has 0 bridgehead atoms. The third-order valence-electron chi connectivity index (χ3n) is 5.02. The molecule has 0 saturated heterocycles. The van der Waals surface area contributed by atoms with E-state index < -0.39 is 0 Å². The monoisotopic (exact) mass is 396 g/mol. The first-order chi connectivity index (χ1) is 13.3. The molecular weight excluding hydrogens is 372 g/mol. The number of halogens is 1. The maximum Gasteiger partial charge on any atom is 0.196 e. The molecule has 2 N–H and O–H groups in total. The molecule has 28 heavy (non-hydrogen) atoms. The highest BCUT2D eigenvalue weighted by molar-refractivity contribution is 6.06. The molecule has 0 amide bonds. The Labute approximate surface area is 171 Å². The number of benzene rings is 2. The van der Waals surface area contributed by atoms with Crippen LogP contribution in [0.4, 0.5) is 5.82 Å². The topological polar surface area (TPSA) is 55.4 Å². The fraction of sp³-hybridized carbons (Fsp3) is 0.273. The molecule has 6 heteroatoms. The summed E-state index contributed by atoms with van der Waals surface area (Å²) in [5, 5.41) is 4.51. The number of para-hydroxylation sites is 1. The van der Waals surface area contributed by atoms with Crippen LogP contribution in [0.25, 0.3) is 33.5 Å². The Morgan fingerprint density at radius 2 is 1.64 bits per heavy atom. The number of hydrogen-bond donors (Lipinski definition) is 2. The van der Waals surface area contributed by atoms with Crippen molar-refractivity contribution in [3.8, 4) is 11.4 Å². The molecule has 0 unspecified atom stereocenters. The lowest BCUT2D eigenvalue weighted by molar-refractivity contribution is -0.894. The Hall–Kier alpha value is -2.63. The van der Waals surface area contributed by atoms with Gasteiger partial charge in [0, 0.05) is 10.9 Å². The van der Waals surface area contributed by atoms with E-state index in [4.69, 9.17) is 14.4 Å². The molecule has 0 atom stereocenters. The second-order valence-corrected chi connectivity index (χ2v) is 6.67. The van der Waals surface area contributed by atoms with Gasteiger partial charge in [-0.3, -0.25) is 0 Å². The molecule has 0 saturated carbocycles. The molecule has 0 aliphatic carbocycles. The van der Waals surface area contributed by atoms with Gasteiger partial charge in [-0.25, -0.2) is 9.97 Å². The smallest absolute Gasteiger partial charge is 0.196 e. The molecule has 0 radical (unpaired) electrons. The number of anilines is 1. The molecule has 4 rings (SSSR count). The number of nitrogens with one attached hydrogen (secondary N) is 2. The van der Waals surface area contributed by atoms with E-state index in [2.05, 4.69) is 19.2 Å². The van der Waals surface area contributed by atoms with Crippen LogP contribution in [0.5, 0.6) is 0 Å². The van der Waals surface area contributed by atoms with E-state index in [1.165, 1.54) is 0 Å². The number of fused-ring (bicyclic) bond motifs is 3. The first-order valence-corrected chi connectivity index (χ1v) is 9.62. The first-order valence-electron chi connectivity index (χ1n) is 9.62. The van der Waals surface area contributed by atoms with Crippen molar-refractivity contribution in [1.82, 2.24) is 9.97 Å². The van der Waals surface area contributed by atoms with Crippen LogP contribution in [0.1, 0.15) is 13.8 Å². The van der Waals surface area contributed by atoms with E-state index in [0.29, 0.717) is 5.82 Å². The van der Waals surface area contributed by atoms with Crippen molar-refractivity contribution in [1.29, 1.82) is 0 Å². The maximum absolute atomic E-state index is 6.09. The maximum atomic E-state index is 6.09. The van der Waals surface area contributed by atoms with Crippen molar-refractivity contribution >= 4 is 27.9 Å². The van der Waals surface area contributed by atoms with Crippen molar-refractivity contribution in [3.05, 3.63) is 54.6 Å². The van der Waals surface area contributed by atoms with E-state index in [9.17, 15) is 0 Å². The number of nitrogens with zero attached hydrogens (tertiary/aromatic N) is 2. The van der Waals surface area contributed by atoms with Crippen molar-refractivity contribution in [2.75, 3.05) is 31.5 Å². The molecule has 2 aromatic heterocycles. The molecule has 0 fully saturated rings. The molecular formula is C22H25ClN4O. The SMILES string of the molecule is CC[NH+](CC)CCNc1nc(-c2ccccc2)nc2c1oc1ccccc12.[Cl-]. The second-order valence-electron chi connectivity index (χ2n) is 6.67. The summed E-state index contributed by atoms with van der Waals surface area (Å²) in [7, 11) is 0. The Balaban J connectivity index is 0.00000225. The molecule has 4 aromatic rings. The minimum Gasteiger partial charge on any atom is -1.00 e. The summed E-state index contributed by atoms with van der Waals surface area (Å²) in [5.41, 5.74) is 3.43. The van der Waals surface area contributed by atoms with Crippen LogP contribution in [0.2, 0.25) is 0 Å². The molecule has 2 aromatic carbocycles. The van der Waals surface area contributed by atoms with E-state index in [0.717, 1.165) is 59.6 Å². The standard InChI is InChI=1S/C22H24N4O.ClH/c1-3-26(4-2)15-14-23-22-20-19(17-12-8-9-13-18(17)27-20)24-21(25-22)16-10-6-5-7-11-16;/h5-13H,3-4,14-15H2,1-2H3,(H,23,24,25);1H. The van der Waals surface area contributed by atoms with Gasteiger partial charge in [-0.15, -0.1) is 0 Å². The van der Waals surface area contributed by atoms with Crippen LogP contribution < -0.4 is 22.6 Å². The Morgan fingerprint density at radius 1 is 0.929 bits per heavy atom. The van der Waals surface area contributed by atoms with Crippen LogP contribution in [0.3, 0.4) is 0 Å². The van der Waals surface area contributed by atoms with E-state index in [-0.39, 0.29) is 12.4 Å². The summed E-state index contributed by atoms with van der Waals surface area (Å²) >= 11 is 0. The highest BCUT2D eigenvalue weighted by Gasteiger charge is 2.16. The van der Waals surface area contributed by atoms with Crippen molar-refractivity contribution in [2.24, 2.45) is 0 Å². The van der Waals surface area contributed by atoms with Gasteiger partial charge in [-0.2, -0.15) is 0 Å². The number of hydrogen-bond acceptors (Lipinski definition) is 4. The molecule has 0 spiro atoms. The average Bonchev–Trinajstić information content (AvgIpc) is 3.11. The van der Waals surface area contributed by atoms with Crippen molar-refractivity contribution < 1.29 is 21.7 Å². The summed E-state index contributed by atoms with van der Waals surface area (Å²) in [4.78, 5) is 11.2. The molecule has 146 valence electrons. The van der Waals surface area contributed by atoms with E-state index >= 15 is 0 Å². The zero-order valence-electron chi connectivity index (χ0n) is 16.2. The summed E-state index contributed by atoms with van der Waals surface area (Å²) in [5.74, 6) is 1.48. The van der Waals surface area contributed by atoms with Crippen LogP contribution in [0, 0.1) is 0 Å². The first kappa shape index (κ1) is 20.1. The van der Waals surface area contributed by atoms with Gasteiger partial charge < -0.3 is 27.0 Å². The zero-order valence-corrected chi connectivity index (χ0v) is 17.0. The minimum absolute atomic E-state index is 0. The van der Waals surface area contributed by atoms with Gasteiger partial charge in [-0.05, 0) is 26.0 Å². The fourth-order valence-electron chi connectivity index (χ4n) is 3.39. The predicted octanol–water partition coefficient (Wildman–Crippen LogP) is 0.384. The zero-order chi connectivity index (χ0) is 18.6. The molecule has 0 aliphatic rings. The summed E-state index contributed by atoms with van der Waals surface area (Å²) in [6, 6.07) is 18.1. The lowest BCUT2D eigenvalue weighted by atomic mass is 10.2. The van der Waals surface area contributed by atoms with Crippen molar-refractivity contribution in [3.63, 3.8) is 0 Å². The van der Waals surface area contributed by atoms with Gasteiger partial charge in [0.2, 0.25) is 0 Å². The second kappa shape index (κ2) is 9.04. The Morgan fingerprint density at radius 3 is 2.39 bits per heavy atom. The van der Waals surface area contributed by atoms with Gasteiger partial charge in [-0.1, -0.05) is 42.5 Å². The van der Waals surface area contributed by atoms with Crippen LogP contribution in [-0.4, -0.2) is 36.1 Å². The molecule has 2 heterocycles. The van der Waals surface area contributed by atoms with Crippen LogP contribution in [-0.2, 0) is 0 Å². The lowest BCUT2D eigenvalue weighted by Crippen LogP contribution is -3.12. The fourth-order valence-corrected chi connectivity index (χ4v) is 3.39. The normalized spacial score (nSPS) is 11.1. The van der Waals surface area contributed by atoms with Crippen LogP contribution in [0.15, 0.2) is 59.0 Å². The Kier molecular flexibility index (Phi) is 6.49. The van der Waals surface area contributed by atoms with E-state index in [1.807, 2.05) is 54.6 Å². The molecule has 0 aliphatic heterocycles. The number of furan rings is 1. The summed E-state index contributed by atoms with van der Waals surface area (Å²) in [6.07, 6.45) is 0. The summed E-state index contributed by atoms with van der Waals surface area (Å²) < 4.78 is 6.09. The third-order valence-corrected chi connectivity index (χ3v) is 5.02. The predicted molar refractivity (Wildman–Crippen MR) is 110 cm³/mol. The van der Waals surface area contributed by atoms with Gasteiger partial charge >= 0.3 is 0 Å². The van der Waals surface area contributed by atoms with Gasteiger partial charge in [0.25, 0.3) is 0 Å². The van der Waals surface area contributed by atoms with Gasteiger partial charge in [0.15, 0.2) is 17.2 Å². The number of quaternary nitrogens is 1. The number of rotatable bonds is 7. The largest absolute Gasteiger partial charge is 1.00 e. The van der Waals surface area contributed by atoms with Crippen LogP contribution >= 0.6 is 0 Å². The highest BCUT2D eigenvalue weighted by atomic mass is 35.5. The number of aromatic nitrogens is 2. The molecule has 5 nitrogen and oxygen atoms in total. The quantitative estimate of drug-likeness (QED) is 0.474. The lowest BCUT2D eigenvalue weighted by Gasteiger charge is -2.16. The van der Waals surface area contributed by atoms with Gasteiger partial charge in [0.05, 0.1) is 26.2 Å².